The molecule has 0 atom stereocenters. The lowest BCUT2D eigenvalue weighted by Crippen LogP contribution is -2.48. The first-order valence-electron chi connectivity index (χ1n) is 12.9. The van der Waals surface area contributed by atoms with E-state index in [9.17, 15) is 8.42 Å². The molecule has 178 valence electrons. The summed E-state index contributed by atoms with van der Waals surface area (Å²) in [5.74, 6) is 4.62. The van der Waals surface area contributed by atoms with Gasteiger partial charge in [-0.2, -0.15) is 0 Å². The van der Waals surface area contributed by atoms with Crippen LogP contribution in [0.15, 0.2) is 12.3 Å². The predicted molar refractivity (Wildman–Crippen MR) is 124 cm³/mol. The molecule has 0 aromatic carbocycles. The molecule has 8 rings (SSSR count). The first-order valence-corrected chi connectivity index (χ1v) is 14.6. The molecule has 0 unspecified atom stereocenters. The Morgan fingerprint density at radius 1 is 1.00 bits per heavy atom. The van der Waals surface area contributed by atoms with E-state index in [1.807, 2.05) is 10.5 Å². The van der Waals surface area contributed by atoms with Gasteiger partial charge in [-0.3, -0.25) is 4.40 Å². The van der Waals surface area contributed by atoms with Crippen molar-refractivity contribution in [2.24, 2.45) is 23.2 Å². The van der Waals surface area contributed by atoms with Crippen molar-refractivity contribution in [3.05, 3.63) is 23.7 Å². The summed E-state index contributed by atoms with van der Waals surface area (Å²) in [7, 11) is -3.36. The van der Waals surface area contributed by atoms with Crippen molar-refractivity contribution in [3.8, 4) is 5.75 Å². The van der Waals surface area contributed by atoms with Gasteiger partial charge < -0.3 is 4.74 Å². The maximum Gasteiger partial charge on any atom is 0.221 e. The number of nitrogens with zero attached hydrogens (tertiary/aromatic N) is 4. The molecule has 0 amide bonds. The van der Waals surface area contributed by atoms with Crippen molar-refractivity contribution >= 4 is 15.7 Å². The van der Waals surface area contributed by atoms with Gasteiger partial charge in [0.1, 0.15) is 11.5 Å². The van der Waals surface area contributed by atoms with E-state index in [0.29, 0.717) is 35.9 Å². The van der Waals surface area contributed by atoms with Gasteiger partial charge in [0.05, 0.1) is 6.61 Å². The number of hydrogen-bond acceptors (Lipinski definition) is 5. The second kappa shape index (κ2) is 7.41. The maximum absolute atomic E-state index is 12.9. The predicted octanol–water partition coefficient (Wildman–Crippen LogP) is 4.13. The molecule has 0 N–H and O–H groups in total. The molecule has 2 aromatic rings. The lowest BCUT2D eigenvalue weighted by Gasteiger charge is -2.56. The van der Waals surface area contributed by atoms with Crippen molar-refractivity contribution < 1.29 is 13.2 Å². The normalized spacial score (nSPS) is 33.9. The van der Waals surface area contributed by atoms with E-state index in [4.69, 9.17) is 4.74 Å². The van der Waals surface area contributed by atoms with Crippen LogP contribution in [0.25, 0.3) is 5.65 Å². The number of rotatable bonds is 7. The number of aromatic nitrogens is 3. The topological polar surface area (TPSA) is 76.8 Å². The molecular weight excluding hydrogens is 436 g/mol. The first-order chi connectivity index (χ1) is 16.0. The fourth-order valence-electron chi connectivity index (χ4n) is 7.82. The molecule has 1 saturated heterocycles. The third kappa shape index (κ3) is 3.68. The number of fused-ring (bicyclic) bond motifs is 1. The largest absolute Gasteiger partial charge is 0.493 e. The minimum Gasteiger partial charge on any atom is -0.493 e. The zero-order valence-corrected chi connectivity index (χ0v) is 20.1. The van der Waals surface area contributed by atoms with Crippen LogP contribution >= 0.6 is 0 Å². The highest BCUT2D eigenvalue weighted by molar-refractivity contribution is 7.88. The summed E-state index contributed by atoms with van der Waals surface area (Å²) in [5.41, 5.74) is 2.25. The second-order valence-corrected chi connectivity index (χ2v) is 13.7. The summed E-state index contributed by atoms with van der Waals surface area (Å²) in [6.45, 7) is 2.06. The van der Waals surface area contributed by atoms with E-state index in [-0.39, 0.29) is 5.75 Å². The molecule has 8 heteroatoms. The lowest BCUT2D eigenvalue weighted by atomic mass is 9.50. The number of ether oxygens (including phenoxy) is 1. The molecular formula is C25H34N4O3S. The summed E-state index contributed by atoms with van der Waals surface area (Å²) in [4.78, 5) is 0. The molecule has 0 spiro atoms. The summed E-state index contributed by atoms with van der Waals surface area (Å²) < 4.78 is 35.8. The van der Waals surface area contributed by atoms with Crippen molar-refractivity contribution in [1.29, 1.82) is 0 Å². The van der Waals surface area contributed by atoms with E-state index < -0.39 is 10.0 Å². The first kappa shape index (κ1) is 20.7. The Kier molecular flexibility index (Phi) is 4.65. The van der Waals surface area contributed by atoms with Gasteiger partial charge >= 0.3 is 0 Å². The van der Waals surface area contributed by atoms with Crippen molar-refractivity contribution in [2.45, 2.75) is 75.9 Å². The molecule has 1 aliphatic heterocycles. The Bertz CT molecular complexity index is 1140. The monoisotopic (exact) mass is 470 g/mol. The number of hydrogen-bond donors (Lipinski definition) is 0. The molecule has 3 heterocycles. The van der Waals surface area contributed by atoms with Crippen LogP contribution in [0.5, 0.6) is 5.75 Å². The highest BCUT2D eigenvalue weighted by Gasteiger charge is 2.51. The van der Waals surface area contributed by atoms with Crippen LogP contribution in [0.3, 0.4) is 0 Å². The van der Waals surface area contributed by atoms with E-state index >= 15 is 0 Å². The zero-order valence-electron chi connectivity index (χ0n) is 19.3. The summed E-state index contributed by atoms with van der Waals surface area (Å²) in [5, 5.41) is 8.62. The lowest BCUT2D eigenvalue weighted by molar-refractivity contribution is -0.0746. The summed E-state index contributed by atoms with van der Waals surface area (Å²) in [6.07, 6.45) is 14.6. The van der Waals surface area contributed by atoms with Gasteiger partial charge in [0.25, 0.3) is 0 Å². The smallest absolute Gasteiger partial charge is 0.221 e. The van der Waals surface area contributed by atoms with Crippen molar-refractivity contribution in [2.75, 3.05) is 19.7 Å². The molecule has 2 aromatic heterocycles. The minimum atomic E-state index is -3.36. The van der Waals surface area contributed by atoms with Gasteiger partial charge in [0.15, 0.2) is 11.5 Å². The van der Waals surface area contributed by atoms with Gasteiger partial charge in [0.2, 0.25) is 10.0 Å². The Labute approximate surface area is 195 Å². The SMILES string of the molecule is O=S(=O)(Cc1nnc2cc(OCC34CC5CC(CC(C5)C3)C4)c(C3CC3)cn12)N1CCCC1. The van der Waals surface area contributed by atoms with Gasteiger partial charge in [-0.25, -0.2) is 12.7 Å². The molecule has 33 heavy (non-hydrogen) atoms. The molecule has 4 bridgehead atoms. The minimum absolute atomic E-state index is 0.0915. The van der Waals surface area contributed by atoms with Gasteiger partial charge in [-0.05, 0) is 87.9 Å². The standard InChI is InChI=1S/C25H34N4O3S/c30-33(31,28-5-1-2-6-28)15-24-27-26-23-10-22(21(14-29(23)24)20-3-4-20)32-16-25-11-17-7-18(12-25)9-19(8-17)13-25/h10,14,17-20H,1-9,11-13,15-16H2. The van der Waals surface area contributed by atoms with Crippen LogP contribution in [0.2, 0.25) is 0 Å². The zero-order chi connectivity index (χ0) is 22.2. The number of pyridine rings is 1. The molecule has 6 aliphatic rings. The van der Waals surface area contributed by atoms with Crippen LogP contribution < -0.4 is 4.74 Å². The van der Waals surface area contributed by atoms with E-state index in [1.165, 1.54) is 56.9 Å². The van der Waals surface area contributed by atoms with Crippen LogP contribution in [0.1, 0.15) is 81.5 Å². The van der Waals surface area contributed by atoms with Crippen LogP contribution in [-0.2, 0) is 15.8 Å². The molecule has 0 radical (unpaired) electrons. The Morgan fingerprint density at radius 3 is 2.30 bits per heavy atom. The molecule has 5 aliphatic carbocycles. The average Bonchev–Trinajstić information content (AvgIpc) is 3.30. The second-order valence-electron chi connectivity index (χ2n) is 11.8. The van der Waals surface area contributed by atoms with Crippen molar-refractivity contribution in [3.63, 3.8) is 0 Å². The summed E-state index contributed by atoms with van der Waals surface area (Å²) in [6, 6.07) is 2.01. The summed E-state index contributed by atoms with van der Waals surface area (Å²) >= 11 is 0. The Morgan fingerprint density at radius 2 is 1.67 bits per heavy atom. The quantitative estimate of drug-likeness (QED) is 0.608. The van der Waals surface area contributed by atoms with E-state index in [2.05, 4.69) is 16.4 Å². The average molecular weight is 471 g/mol. The van der Waals surface area contributed by atoms with E-state index in [1.54, 1.807) is 4.31 Å². The maximum atomic E-state index is 12.9. The van der Waals surface area contributed by atoms with E-state index in [0.717, 1.165) is 43.0 Å². The highest BCUT2D eigenvalue weighted by atomic mass is 32.2. The third-order valence-electron chi connectivity index (χ3n) is 9.09. The molecule has 6 fully saturated rings. The fourth-order valence-corrected chi connectivity index (χ4v) is 9.34. The van der Waals surface area contributed by atoms with Crippen molar-refractivity contribution in [1.82, 2.24) is 18.9 Å². The van der Waals surface area contributed by atoms with Crippen LogP contribution in [0.4, 0.5) is 0 Å². The van der Waals surface area contributed by atoms with Gasteiger partial charge in [-0.15, -0.1) is 10.2 Å². The molecule has 7 nitrogen and oxygen atoms in total. The van der Waals surface area contributed by atoms with Crippen LogP contribution in [-0.4, -0.2) is 47.0 Å². The van der Waals surface area contributed by atoms with Gasteiger partial charge in [0, 0.05) is 36.3 Å². The fraction of sp³-hybridized carbons (Fsp3) is 0.760. The number of sulfonamides is 1. The third-order valence-corrected chi connectivity index (χ3v) is 10.9. The van der Waals surface area contributed by atoms with Crippen LogP contribution in [0, 0.1) is 23.2 Å². The Balaban J connectivity index is 1.16. The highest BCUT2D eigenvalue weighted by Crippen LogP contribution is 2.60. The molecule has 5 saturated carbocycles. The van der Waals surface area contributed by atoms with Gasteiger partial charge in [-0.1, -0.05) is 0 Å². The Hall–Kier alpha value is -1.67.